The van der Waals surface area contributed by atoms with Crippen molar-refractivity contribution in [1.29, 1.82) is 0 Å². The van der Waals surface area contributed by atoms with Gasteiger partial charge in [0.2, 0.25) is 0 Å². The second-order valence-electron chi connectivity index (χ2n) is 5.95. The molecule has 0 radical (unpaired) electrons. The van der Waals surface area contributed by atoms with E-state index < -0.39 is 0 Å². The van der Waals surface area contributed by atoms with Crippen LogP contribution in [0, 0.1) is 0 Å². The maximum atomic E-state index is 10.2. The van der Waals surface area contributed by atoms with Crippen molar-refractivity contribution in [1.82, 2.24) is 0 Å². The van der Waals surface area contributed by atoms with Gasteiger partial charge in [-0.05, 0) is 31.4 Å². The average molecular weight is 321 g/mol. The molecular formula is C19H31NO3. The summed E-state index contributed by atoms with van der Waals surface area (Å²) in [6, 6.07) is 5.18. The molecule has 0 unspecified atom stereocenters. The molecule has 0 aliphatic carbocycles. The van der Waals surface area contributed by atoms with Gasteiger partial charge in [-0.3, -0.25) is 0 Å². The van der Waals surface area contributed by atoms with E-state index in [4.69, 9.17) is 4.74 Å². The van der Waals surface area contributed by atoms with Crippen molar-refractivity contribution in [2.45, 2.75) is 71.6 Å². The molecule has 0 atom stereocenters. The van der Waals surface area contributed by atoms with Gasteiger partial charge in [0, 0.05) is 11.6 Å². The molecule has 130 valence electrons. The van der Waals surface area contributed by atoms with Gasteiger partial charge in [-0.1, -0.05) is 57.5 Å². The molecule has 4 nitrogen and oxygen atoms in total. The molecule has 0 aliphatic heterocycles. The molecule has 1 aromatic rings. The maximum Gasteiger partial charge on any atom is 0.128 e. The van der Waals surface area contributed by atoms with E-state index in [1.807, 2.05) is 6.07 Å². The fourth-order valence-corrected chi connectivity index (χ4v) is 2.49. The predicted molar refractivity (Wildman–Crippen MR) is 94.8 cm³/mol. The van der Waals surface area contributed by atoms with Gasteiger partial charge >= 0.3 is 0 Å². The molecule has 0 bridgehead atoms. The first-order valence-corrected chi connectivity index (χ1v) is 8.90. The van der Waals surface area contributed by atoms with Gasteiger partial charge in [0.15, 0.2) is 0 Å². The molecule has 0 amide bonds. The Morgan fingerprint density at radius 2 is 1.70 bits per heavy atom. The molecule has 0 spiro atoms. The van der Waals surface area contributed by atoms with Crippen LogP contribution in [0.2, 0.25) is 0 Å². The first-order chi connectivity index (χ1) is 11.2. The van der Waals surface area contributed by atoms with Gasteiger partial charge in [-0.2, -0.15) is 0 Å². The van der Waals surface area contributed by atoms with Gasteiger partial charge < -0.3 is 15.1 Å². The van der Waals surface area contributed by atoms with Crippen molar-refractivity contribution in [3.63, 3.8) is 0 Å². The van der Waals surface area contributed by atoms with Gasteiger partial charge in [0.05, 0.1) is 12.3 Å². The smallest absolute Gasteiger partial charge is 0.128 e. The summed E-state index contributed by atoms with van der Waals surface area (Å²) in [6.45, 7) is 4.96. The van der Waals surface area contributed by atoms with E-state index in [0.29, 0.717) is 30.1 Å². The number of oxime groups is 1. The second kappa shape index (κ2) is 11.8. The van der Waals surface area contributed by atoms with Crippen LogP contribution < -0.4 is 4.74 Å². The van der Waals surface area contributed by atoms with Crippen molar-refractivity contribution >= 4 is 5.71 Å². The quantitative estimate of drug-likeness (QED) is 0.231. The Morgan fingerprint density at radius 3 is 2.35 bits per heavy atom. The lowest BCUT2D eigenvalue weighted by Gasteiger charge is -2.10. The Bertz CT molecular complexity index is 472. The molecule has 0 heterocycles. The van der Waals surface area contributed by atoms with Crippen LogP contribution in [0.4, 0.5) is 0 Å². The van der Waals surface area contributed by atoms with Crippen LogP contribution in [0.1, 0.15) is 77.2 Å². The summed E-state index contributed by atoms with van der Waals surface area (Å²) in [7, 11) is 0. The van der Waals surface area contributed by atoms with Gasteiger partial charge in [0.25, 0.3) is 0 Å². The highest BCUT2D eigenvalue weighted by Crippen LogP contribution is 2.26. The van der Waals surface area contributed by atoms with E-state index >= 15 is 0 Å². The second-order valence-corrected chi connectivity index (χ2v) is 5.95. The highest BCUT2D eigenvalue weighted by molar-refractivity contribution is 6.02. The fourth-order valence-electron chi connectivity index (χ4n) is 2.49. The summed E-state index contributed by atoms with van der Waals surface area (Å²) in [6.07, 6.45) is 9.82. The van der Waals surface area contributed by atoms with Gasteiger partial charge in [0.1, 0.15) is 11.5 Å². The van der Waals surface area contributed by atoms with Crippen LogP contribution in [-0.2, 0) is 0 Å². The maximum absolute atomic E-state index is 10.2. The summed E-state index contributed by atoms with van der Waals surface area (Å²) in [4.78, 5) is 0. The molecule has 4 heteroatoms. The molecule has 1 rings (SSSR count). The third kappa shape index (κ3) is 7.40. The van der Waals surface area contributed by atoms with Crippen molar-refractivity contribution in [3.05, 3.63) is 23.8 Å². The number of phenols is 1. The third-order valence-electron chi connectivity index (χ3n) is 3.93. The van der Waals surface area contributed by atoms with Crippen molar-refractivity contribution in [2.75, 3.05) is 6.61 Å². The van der Waals surface area contributed by atoms with E-state index in [0.717, 1.165) is 25.7 Å². The molecule has 0 fully saturated rings. The minimum Gasteiger partial charge on any atom is -0.507 e. The standard InChI is InChI=1S/C19H31NO3/c1-3-5-7-8-9-10-11-18(20-22)17-13-12-16(15-19(17)21)23-14-6-4-2/h12-13,15,21-22H,3-11,14H2,1-2H3/b20-18+. The Balaban J connectivity index is 2.51. The zero-order chi connectivity index (χ0) is 16.9. The lowest BCUT2D eigenvalue weighted by molar-refractivity contribution is 0.307. The first kappa shape index (κ1) is 19.3. The van der Waals surface area contributed by atoms with Gasteiger partial charge in [-0.25, -0.2) is 0 Å². The van der Waals surface area contributed by atoms with Crippen LogP contribution in [0.5, 0.6) is 11.5 Å². The lowest BCUT2D eigenvalue weighted by atomic mass is 10.0. The summed E-state index contributed by atoms with van der Waals surface area (Å²) < 4.78 is 5.57. The normalized spacial score (nSPS) is 11.7. The summed E-state index contributed by atoms with van der Waals surface area (Å²) in [5.41, 5.74) is 1.13. The molecule has 0 aromatic heterocycles. The highest BCUT2D eigenvalue weighted by atomic mass is 16.5. The monoisotopic (exact) mass is 321 g/mol. The molecule has 2 N–H and O–H groups in total. The predicted octanol–water partition coefficient (Wildman–Crippen LogP) is 5.50. The number of phenolic OH excluding ortho intramolecular Hbond substituents is 1. The number of benzene rings is 1. The number of hydrogen-bond acceptors (Lipinski definition) is 4. The summed E-state index contributed by atoms with van der Waals surface area (Å²) in [5, 5.41) is 22.8. The van der Waals surface area contributed by atoms with Crippen molar-refractivity contribution < 1.29 is 15.1 Å². The molecule has 0 saturated heterocycles. The molecule has 23 heavy (non-hydrogen) atoms. The van der Waals surface area contributed by atoms with Crippen molar-refractivity contribution in [3.8, 4) is 11.5 Å². The SMILES string of the molecule is CCCCCCCC/C(=N\O)c1ccc(OCCCC)cc1O. The molecule has 1 aromatic carbocycles. The number of nitrogens with zero attached hydrogens (tertiary/aromatic N) is 1. The molecule has 0 saturated carbocycles. The van der Waals surface area contributed by atoms with E-state index in [9.17, 15) is 10.3 Å². The van der Waals surface area contributed by atoms with Crippen molar-refractivity contribution in [2.24, 2.45) is 5.16 Å². The molecular weight excluding hydrogens is 290 g/mol. The lowest BCUT2D eigenvalue weighted by Crippen LogP contribution is -2.03. The number of aromatic hydroxyl groups is 1. The highest BCUT2D eigenvalue weighted by Gasteiger charge is 2.11. The van der Waals surface area contributed by atoms with E-state index in [-0.39, 0.29) is 5.75 Å². The van der Waals surface area contributed by atoms with Crippen LogP contribution in [0.25, 0.3) is 0 Å². The zero-order valence-electron chi connectivity index (χ0n) is 14.6. The van der Waals surface area contributed by atoms with Crippen LogP contribution >= 0.6 is 0 Å². The van der Waals surface area contributed by atoms with E-state index in [2.05, 4.69) is 19.0 Å². The largest absolute Gasteiger partial charge is 0.507 e. The van der Waals surface area contributed by atoms with E-state index in [1.54, 1.807) is 12.1 Å². The van der Waals surface area contributed by atoms with Crippen LogP contribution in [-0.4, -0.2) is 22.6 Å². The Hall–Kier alpha value is -1.71. The topological polar surface area (TPSA) is 62.1 Å². The van der Waals surface area contributed by atoms with Crippen LogP contribution in [0.15, 0.2) is 23.4 Å². The third-order valence-corrected chi connectivity index (χ3v) is 3.93. The molecule has 0 aliphatic rings. The first-order valence-electron chi connectivity index (χ1n) is 8.90. The van der Waals surface area contributed by atoms with Gasteiger partial charge in [-0.15, -0.1) is 0 Å². The number of hydrogen-bond donors (Lipinski definition) is 2. The Kier molecular flexibility index (Phi) is 9.92. The fraction of sp³-hybridized carbons (Fsp3) is 0.632. The van der Waals surface area contributed by atoms with E-state index in [1.165, 1.54) is 25.7 Å². The number of ether oxygens (including phenoxy) is 1. The Morgan fingerprint density at radius 1 is 1.00 bits per heavy atom. The zero-order valence-corrected chi connectivity index (χ0v) is 14.6. The number of rotatable bonds is 12. The number of unbranched alkanes of at least 4 members (excludes halogenated alkanes) is 6. The summed E-state index contributed by atoms with van der Waals surface area (Å²) >= 11 is 0. The summed E-state index contributed by atoms with van der Waals surface area (Å²) in [5.74, 6) is 0.759. The van der Waals surface area contributed by atoms with Crippen LogP contribution in [0.3, 0.4) is 0 Å². The Labute approximate surface area is 140 Å². The minimum absolute atomic E-state index is 0.109. The minimum atomic E-state index is 0.109. The average Bonchev–Trinajstić information content (AvgIpc) is 2.55.